The molecule has 0 fully saturated rings. The number of pyridine rings is 1. The summed E-state index contributed by atoms with van der Waals surface area (Å²) in [4.78, 5) is 36.3. The molecule has 1 aromatic carbocycles. The molecule has 9 nitrogen and oxygen atoms in total. The highest BCUT2D eigenvalue weighted by molar-refractivity contribution is 7.16. The Morgan fingerprint density at radius 3 is 2.65 bits per heavy atom. The quantitative estimate of drug-likeness (QED) is 0.312. The second kappa shape index (κ2) is 10.8. The predicted molar refractivity (Wildman–Crippen MR) is 142 cm³/mol. The summed E-state index contributed by atoms with van der Waals surface area (Å²) in [6.07, 6.45) is 4.92. The van der Waals surface area contributed by atoms with Gasteiger partial charge in [-0.15, -0.1) is 11.3 Å². The van der Waals surface area contributed by atoms with E-state index in [1.165, 1.54) is 27.7 Å². The normalized spacial score (nSPS) is 10.9. The number of nitrogens with one attached hydrogen (secondary N) is 1. The molecular weight excluding hydrogens is 512 g/mol. The number of ether oxygens (including phenoxy) is 1. The summed E-state index contributed by atoms with van der Waals surface area (Å²) in [5, 5.41) is 7.80. The van der Waals surface area contributed by atoms with Crippen LogP contribution in [0.4, 0.5) is 5.82 Å². The summed E-state index contributed by atoms with van der Waals surface area (Å²) in [6, 6.07) is 17.5. The minimum Gasteiger partial charge on any atom is -0.496 e. The van der Waals surface area contributed by atoms with Gasteiger partial charge in [0.2, 0.25) is 0 Å². The lowest BCUT2D eigenvalue weighted by atomic mass is 10.2. The molecule has 0 saturated carbocycles. The second-order valence-electron chi connectivity index (χ2n) is 7.91. The maximum absolute atomic E-state index is 13.6. The van der Waals surface area contributed by atoms with Gasteiger partial charge in [0.15, 0.2) is 0 Å². The third-order valence-electron chi connectivity index (χ3n) is 5.54. The molecule has 5 aromatic rings. The first-order valence-corrected chi connectivity index (χ1v) is 12.4. The van der Waals surface area contributed by atoms with Gasteiger partial charge < -0.3 is 14.6 Å². The number of hydrogen-bond donors (Lipinski definition) is 1. The molecule has 4 aromatic heterocycles. The van der Waals surface area contributed by atoms with Crippen molar-refractivity contribution in [3.63, 3.8) is 0 Å². The van der Waals surface area contributed by atoms with Crippen molar-refractivity contribution < 1.29 is 9.53 Å². The highest BCUT2D eigenvalue weighted by Crippen LogP contribution is 2.26. The van der Waals surface area contributed by atoms with Gasteiger partial charge in [0.05, 0.1) is 35.7 Å². The molecule has 0 saturated heterocycles. The molecule has 0 spiro atoms. The first-order chi connectivity index (χ1) is 18.0. The fourth-order valence-electron chi connectivity index (χ4n) is 3.77. The number of aromatic nitrogens is 5. The summed E-state index contributed by atoms with van der Waals surface area (Å²) < 4.78 is 8.81. The van der Waals surface area contributed by atoms with E-state index in [1.54, 1.807) is 67.1 Å². The van der Waals surface area contributed by atoms with Crippen LogP contribution in [0.15, 0.2) is 84.0 Å². The lowest BCUT2D eigenvalue weighted by molar-refractivity contribution is 0.0945. The fraction of sp³-hybridized carbons (Fsp3) is 0.115. The van der Waals surface area contributed by atoms with Gasteiger partial charge in [0, 0.05) is 29.5 Å². The van der Waals surface area contributed by atoms with E-state index in [0.29, 0.717) is 45.1 Å². The van der Waals surface area contributed by atoms with Crippen LogP contribution in [0.1, 0.15) is 21.1 Å². The number of carbonyl (C=O) groups is 1. The van der Waals surface area contributed by atoms with Crippen LogP contribution in [0.25, 0.3) is 11.3 Å². The number of methoxy groups -OCH3 is 1. The molecule has 186 valence electrons. The van der Waals surface area contributed by atoms with Crippen LogP contribution in [-0.4, -0.2) is 37.3 Å². The van der Waals surface area contributed by atoms with Gasteiger partial charge in [0.25, 0.3) is 11.5 Å². The van der Waals surface area contributed by atoms with Gasteiger partial charge in [0.1, 0.15) is 23.1 Å². The second-order valence-corrected chi connectivity index (χ2v) is 9.71. The average molecular weight is 533 g/mol. The largest absolute Gasteiger partial charge is 0.496 e. The average Bonchev–Trinajstić information content (AvgIpc) is 3.54. The van der Waals surface area contributed by atoms with Crippen molar-refractivity contribution in [1.29, 1.82) is 0 Å². The van der Waals surface area contributed by atoms with E-state index in [9.17, 15) is 9.59 Å². The van der Waals surface area contributed by atoms with Crippen LogP contribution in [0.3, 0.4) is 0 Å². The predicted octanol–water partition coefficient (Wildman–Crippen LogP) is 4.57. The van der Waals surface area contributed by atoms with E-state index in [2.05, 4.69) is 20.4 Å². The summed E-state index contributed by atoms with van der Waals surface area (Å²) in [7, 11) is 1.50. The molecule has 0 aliphatic rings. The number of carbonyl (C=O) groups excluding carboxylic acids is 1. The third-order valence-corrected chi connectivity index (χ3v) is 6.77. The van der Waals surface area contributed by atoms with Gasteiger partial charge in [-0.1, -0.05) is 23.7 Å². The Bertz CT molecular complexity index is 1610. The lowest BCUT2D eigenvalue weighted by Gasteiger charge is -2.10. The topological polar surface area (TPSA) is 104 Å². The molecule has 0 aliphatic carbocycles. The van der Waals surface area contributed by atoms with Gasteiger partial charge in [-0.05, 0) is 42.5 Å². The summed E-state index contributed by atoms with van der Waals surface area (Å²) in [6.45, 7) is 0.630. The molecule has 4 heterocycles. The lowest BCUT2D eigenvalue weighted by Crippen LogP contribution is -2.22. The Kier molecular flexibility index (Phi) is 7.11. The standard InChI is InChI=1S/C26H21ClN6O3S/c1-36-21-8-3-2-6-19(21)26(35)33-24(30-15-17-9-10-22(27)37-17)14-20(31-33)18-7-4-13-32(25(18)34)16-23-28-11-5-12-29-23/h2-14,30H,15-16H2,1H3. The van der Waals surface area contributed by atoms with Gasteiger partial charge in [-0.3, -0.25) is 9.59 Å². The highest BCUT2D eigenvalue weighted by Gasteiger charge is 2.21. The Hall–Kier alpha value is -4.28. The monoisotopic (exact) mass is 532 g/mol. The molecule has 37 heavy (non-hydrogen) atoms. The van der Waals surface area contributed by atoms with Crippen molar-refractivity contribution in [2.75, 3.05) is 12.4 Å². The van der Waals surface area contributed by atoms with Gasteiger partial charge in [-0.2, -0.15) is 9.78 Å². The summed E-state index contributed by atoms with van der Waals surface area (Å²) >= 11 is 7.51. The number of thiophene rings is 1. The summed E-state index contributed by atoms with van der Waals surface area (Å²) in [5.41, 5.74) is 0.755. The molecule has 0 radical (unpaired) electrons. The molecule has 0 atom stereocenters. The van der Waals surface area contributed by atoms with Crippen molar-refractivity contribution in [3.8, 4) is 17.0 Å². The van der Waals surface area contributed by atoms with Gasteiger partial charge >= 0.3 is 0 Å². The van der Waals surface area contributed by atoms with Crippen LogP contribution in [0, 0.1) is 0 Å². The number of rotatable bonds is 8. The maximum atomic E-state index is 13.6. The molecule has 0 bridgehead atoms. The zero-order valence-electron chi connectivity index (χ0n) is 19.7. The number of halogens is 1. The Morgan fingerprint density at radius 1 is 1.08 bits per heavy atom. The Labute approximate surface area is 221 Å². The van der Waals surface area contributed by atoms with Crippen LogP contribution >= 0.6 is 22.9 Å². The Balaban J connectivity index is 1.54. The number of hydrogen-bond acceptors (Lipinski definition) is 8. The number of para-hydroxylation sites is 1. The number of benzene rings is 1. The minimum absolute atomic E-state index is 0.207. The maximum Gasteiger partial charge on any atom is 0.283 e. The van der Waals surface area contributed by atoms with Crippen molar-refractivity contribution >= 4 is 34.7 Å². The fourth-order valence-corrected chi connectivity index (χ4v) is 4.80. The van der Waals surface area contributed by atoms with E-state index < -0.39 is 5.91 Å². The molecule has 0 unspecified atom stereocenters. The van der Waals surface area contributed by atoms with Crippen LogP contribution in [-0.2, 0) is 13.1 Å². The van der Waals surface area contributed by atoms with Crippen LogP contribution in [0.5, 0.6) is 5.75 Å². The van der Waals surface area contributed by atoms with Crippen molar-refractivity contribution in [2.45, 2.75) is 13.1 Å². The Morgan fingerprint density at radius 2 is 1.89 bits per heavy atom. The SMILES string of the molecule is COc1ccccc1C(=O)n1nc(-c2cccn(Cc3ncccn3)c2=O)cc1NCc1ccc(Cl)s1. The van der Waals surface area contributed by atoms with E-state index >= 15 is 0 Å². The van der Waals surface area contributed by atoms with Crippen LogP contribution < -0.4 is 15.6 Å². The van der Waals surface area contributed by atoms with Crippen LogP contribution in [0.2, 0.25) is 4.34 Å². The first-order valence-electron chi connectivity index (χ1n) is 11.2. The zero-order valence-corrected chi connectivity index (χ0v) is 21.2. The molecule has 0 amide bonds. The van der Waals surface area contributed by atoms with Crippen molar-refractivity contribution in [1.82, 2.24) is 24.3 Å². The molecule has 1 N–H and O–H groups in total. The molecule has 0 aliphatic heterocycles. The third kappa shape index (κ3) is 5.30. The van der Waals surface area contributed by atoms with Crippen molar-refractivity contribution in [3.05, 3.63) is 110 Å². The smallest absolute Gasteiger partial charge is 0.283 e. The zero-order chi connectivity index (χ0) is 25.8. The van der Waals surface area contributed by atoms with E-state index in [-0.39, 0.29) is 12.1 Å². The van der Waals surface area contributed by atoms with E-state index in [4.69, 9.17) is 16.3 Å². The van der Waals surface area contributed by atoms with E-state index in [1.807, 2.05) is 12.1 Å². The van der Waals surface area contributed by atoms with E-state index in [0.717, 1.165) is 4.88 Å². The summed E-state index contributed by atoms with van der Waals surface area (Å²) in [5.74, 6) is 0.960. The highest BCUT2D eigenvalue weighted by atomic mass is 35.5. The first kappa shape index (κ1) is 24.4. The molecular formula is C26H21ClN6O3S. The molecule has 5 rings (SSSR count). The van der Waals surface area contributed by atoms with Crippen molar-refractivity contribution in [2.24, 2.45) is 0 Å². The number of nitrogens with zero attached hydrogens (tertiary/aromatic N) is 5. The minimum atomic E-state index is -0.399. The number of anilines is 1. The van der Waals surface area contributed by atoms with Gasteiger partial charge in [-0.25, -0.2) is 9.97 Å². The molecule has 11 heteroatoms.